The zero-order valence-corrected chi connectivity index (χ0v) is 15.9. The number of nitrogens with one attached hydrogen (secondary N) is 1. The van der Waals surface area contributed by atoms with Gasteiger partial charge in [0, 0.05) is 39.8 Å². The van der Waals surface area contributed by atoms with Gasteiger partial charge in [0.25, 0.3) is 5.91 Å². The lowest BCUT2D eigenvalue weighted by Crippen LogP contribution is -2.18. The molecule has 0 atom stereocenters. The highest BCUT2D eigenvalue weighted by Gasteiger charge is 2.17. The topological polar surface area (TPSA) is 72.7 Å². The van der Waals surface area contributed by atoms with Crippen LogP contribution in [0.2, 0.25) is 0 Å². The fourth-order valence-corrected chi connectivity index (χ4v) is 4.33. The smallest absolute Gasteiger partial charge is 0.252 e. The van der Waals surface area contributed by atoms with Gasteiger partial charge in [-0.2, -0.15) is 5.10 Å². The summed E-state index contributed by atoms with van der Waals surface area (Å²) < 4.78 is 8.73. The third-order valence-corrected chi connectivity index (χ3v) is 5.64. The number of fused-ring (bicyclic) bond motifs is 2. The summed E-state index contributed by atoms with van der Waals surface area (Å²) >= 11 is 1.56. The summed E-state index contributed by atoms with van der Waals surface area (Å²) in [5, 5.41) is 7.84. The summed E-state index contributed by atoms with van der Waals surface area (Å²) in [4.78, 5) is 24.3. The number of ether oxygens (including phenoxy) is 1. The molecule has 0 aliphatic heterocycles. The van der Waals surface area contributed by atoms with Gasteiger partial charge in [-0.15, -0.1) is 11.3 Å². The van der Waals surface area contributed by atoms with Crippen LogP contribution in [0.25, 0.3) is 15.6 Å². The van der Waals surface area contributed by atoms with Gasteiger partial charge >= 0.3 is 0 Å². The van der Waals surface area contributed by atoms with Gasteiger partial charge < -0.3 is 10.1 Å². The van der Waals surface area contributed by atoms with Crippen molar-refractivity contribution in [2.75, 3.05) is 7.05 Å². The third kappa shape index (κ3) is 2.76. The van der Waals surface area contributed by atoms with Gasteiger partial charge in [0.2, 0.25) is 0 Å². The summed E-state index contributed by atoms with van der Waals surface area (Å²) in [6.45, 7) is 3.81. The first-order valence-corrected chi connectivity index (χ1v) is 9.20. The zero-order chi connectivity index (χ0) is 19.1. The van der Waals surface area contributed by atoms with Gasteiger partial charge in [0.1, 0.15) is 11.3 Å². The van der Waals surface area contributed by atoms with Gasteiger partial charge in [0.15, 0.2) is 12.0 Å². The summed E-state index contributed by atoms with van der Waals surface area (Å²) in [6.07, 6.45) is 4.13. The van der Waals surface area contributed by atoms with Crippen LogP contribution in [-0.2, 0) is 0 Å². The van der Waals surface area contributed by atoms with E-state index >= 15 is 0 Å². The number of hydrogen-bond donors (Lipinski definition) is 1. The van der Waals surface area contributed by atoms with Gasteiger partial charge in [-0.1, -0.05) is 0 Å². The molecule has 1 aromatic carbocycles. The zero-order valence-electron chi connectivity index (χ0n) is 15.1. The second-order valence-corrected chi connectivity index (χ2v) is 7.44. The number of aromatic nitrogens is 2. The summed E-state index contributed by atoms with van der Waals surface area (Å²) in [6, 6.07) is 7.45. The van der Waals surface area contributed by atoms with Crippen molar-refractivity contribution in [3.63, 3.8) is 0 Å². The maximum atomic E-state index is 12.1. The summed E-state index contributed by atoms with van der Waals surface area (Å²) in [5.41, 5.74) is 2.86. The van der Waals surface area contributed by atoms with Crippen molar-refractivity contribution < 1.29 is 14.3 Å². The van der Waals surface area contributed by atoms with Crippen LogP contribution in [0.3, 0.4) is 0 Å². The van der Waals surface area contributed by atoms with E-state index in [9.17, 15) is 9.59 Å². The predicted molar refractivity (Wildman–Crippen MR) is 105 cm³/mol. The van der Waals surface area contributed by atoms with Gasteiger partial charge in [-0.3, -0.25) is 9.59 Å². The Bertz CT molecular complexity index is 1210. The molecule has 27 heavy (non-hydrogen) atoms. The molecule has 4 rings (SSSR count). The fraction of sp³-hybridized carbons (Fsp3) is 0.150. The minimum Gasteiger partial charge on any atom is -0.455 e. The molecule has 0 spiro atoms. The molecule has 0 aliphatic carbocycles. The fourth-order valence-electron chi connectivity index (χ4n) is 3.24. The number of amides is 1. The minimum absolute atomic E-state index is 0.0894. The van der Waals surface area contributed by atoms with Gasteiger partial charge in [-0.05, 0) is 37.6 Å². The molecule has 7 heteroatoms. The molecule has 136 valence electrons. The molecule has 4 aromatic rings. The molecule has 0 fully saturated rings. The van der Waals surface area contributed by atoms with Gasteiger partial charge in [-0.25, -0.2) is 4.52 Å². The van der Waals surface area contributed by atoms with Crippen LogP contribution in [0, 0.1) is 13.8 Å². The number of hydrogen-bond acceptors (Lipinski definition) is 5. The number of carbonyl (C=O) groups is 2. The Kier molecular flexibility index (Phi) is 4.16. The van der Waals surface area contributed by atoms with Crippen molar-refractivity contribution in [2.45, 2.75) is 13.8 Å². The van der Waals surface area contributed by atoms with Crippen LogP contribution in [0.15, 0.2) is 36.7 Å². The lowest BCUT2D eigenvalue weighted by molar-refractivity contribution is 0.0964. The molecule has 1 amide bonds. The number of rotatable bonds is 4. The van der Waals surface area contributed by atoms with E-state index < -0.39 is 0 Å². The van der Waals surface area contributed by atoms with E-state index in [4.69, 9.17) is 4.74 Å². The SMILES string of the molecule is CNC(=O)c1c(C)sc2cc(Oc3ccnn4cc(C=O)c(C)c34)ccc12. The van der Waals surface area contributed by atoms with Crippen LogP contribution in [-0.4, -0.2) is 28.9 Å². The largest absolute Gasteiger partial charge is 0.455 e. The van der Waals surface area contributed by atoms with E-state index in [2.05, 4.69) is 10.4 Å². The highest BCUT2D eigenvalue weighted by Crippen LogP contribution is 2.36. The number of thiophene rings is 1. The highest BCUT2D eigenvalue weighted by atomic mass is 32.1. The van der Waals surface area contributed by atoms with Crippen molar-refractivity contribution in [3.05, 3.63) is 58.2 Å². The number of nitrogens with zero attached hydrogens (tertiary/aromatic N) is 2. The number of aldehydes is 1. The quantitative estimate of drug-likeness (QED) is 0.541. The van der Waals surface area contributed by atoms with Crippen LogP contribution < -0.4 is 10.1 Å². The highest BCUT2D eigenvalue weighted by molar-refractivity contribution is 7.19. The second-order valence-electron chi connectivity index (χ2n) is 6.19. The Labute approximate surface area is 159 Å². The maximum absolute atomic E-state index is 12.1. The van der Waals surface area contributed by atoms with Crippen LogP contribution in [0.5, 0.6) is 11.5 Å². The first-order valence-electron chi connectivity index (χ1n) is 8.38. The van der Waals surface area contributed by atoms with Crippen molar-refractivity contribution in [2.24, 2.45) is 0 Å². The van der Waals surface area contributed by atoms with E-state index in [-0.39, 0.29) is 5.91 Å². The van der Waals surface area contributed by atoms with Crippen molar-refractivity contribution >= 4 is 39.1 Å². The Hall–Kier alpha value is -3.19. The Morgan fingerprint density at radius 2 is 2.11 bits per heavy atom. The third-order valence-electron chi connectivity index (χ3n) is 4.58. The molecule has 0 saturated heterocycles. The Morgan fingerprint density at radius 3 is 2.85 bits per heavy atom. The van der Waals surface area contributed by atoms with E-state index in [0.717, 1.165) is 32.3 Å². The molecular weight excluding hydrogens is 362 g/mol. The molecule has 0 saturated carbocycles. The number of aryl methyl sites for hydroxylation is 2. The number of carbonyl (C=O) groups excluding carboxylic acids is 2. The second kappa shape index (κ2) is 6.51. The first-order chi connectivity index (χ1) is 13.0. The van der Waals surface area contributed by atoms with E-state index in [0.29, 0.717) is 22.6 Å². The van der Waals surface area contributed by atoms with Crippen molar-refractivity contribution in [1.29, 1.82) is 0 Å². The monoisotopic (exact) mass is 379 g/mol. The first kappa shape index (κ1) is 17.2. The molecule has 3 aromatic heterocycles. The van der Waals surface area contributed by atoms with Crippen LogP contribution in [0.1, 0.15) is 31.2 Å². The lowest BCUT2D eigenvalue weighted by Gasteiger charge is -2.08. The average Bonchev–Trinajstić information content (AvgIpc) is 3.17. The Balaban J connectivity index is 1.78. The molecule has 0 aliphatic rings. The molecule has 3 heterocycles. The number of benzene rings is 1. The van der Waals surface area contributed by atoms with Crippen LogP contribution in [0.4, 0.5) is 0 Å². The molecule has 1 N–H and O–H groups in total. The molecule has 0 bridgehead atoms. The van der Waals surface area contributed by atoms with E-state index in [1.807, 2.05) is 32.0 Å². The maximum Gasteiger partial charge on any atom is 0.252 e. The van der Waals surface area contributed by atoms with E-state index in [1.54, 1.807) is 41.4 Å². The molecular formula is C20H17N3O3S. The molecule has 0 unspecified atom stereocenters. The predicted octanol–water partition coefficient (Wildman–Crippen LogP) is 4.13. The minimum atomic E-state index is -0.0894. The average molecular weight is 379 g/mol. The summed E-state index contributed by atoms with van der Waals surface area (Å²) in [7, 11) is 1.63. The summed E-state index contributed by atoms with van der Waals surface area (Å²) in [5.74, 6) is 1.19. The van der Waals surface area contributed by atoms with Crippen LogP contribution >= 0.6 is 11.3 Å². The molecule has 6 nitrogen and oxygen atoms in total. The normalized spacial score (nSPS) is 11.1. The van der Waals surface area contributed by atoms with Crippen molar-refractivity contribution in [3.8, 4) is 11.5 Å². The Morgan fingerprint density at radius 1 is 1.30 bits per heavy atom. The standard InChI is InChI=1S/C20H17N3O3S/c1-11-13(10-24)9-23-19(11)16(6-7-22-23)26-14-4-5-15-17(8-14)27-12(2)18(15)20(25)21-3/h4-10H,1-3H3,(H,21,25). The van der Waals surface area contributed by atoms with E-state index in [1.165, 1.54) is 0 Å². The molecule has 0 radical (unpaired) electrons. The van der Waals surface area contributed by atoms with Gasteiger partial charge in [0.05, 0.1) is 11.8 Å². The van der Waals surface area contributed by atoms with Crippen molar-refractivity contribution in [1.82, 2.24) is 14.9 Å². The lowest BCUT2D eigenvalue weighted by atomic mass is 10.1.